The second-order valence-electron chi connectivity index (χ2n) is 7.06. The van der Waals surface area contributed by atoms with Crippen LogP contribution >= 0.6 is 0 Å². The summed E-state index contributed by atoms with van der Waals surface area (Å²) in [5, 5.41) is 3.18. The third kappa shape index (κ3) is 3.72. The van der Waals surface area contributed by atoms with Gasteiger partial charge in [-0.3, -0.25) is 14.5 Å². The van der Waals surface area contributed by atoms with Crippen LogP contribution < -0.4 is 10.1 Å². The van der Waals surface area contributed by atoms with Crippen molar-refractivity contribution in [3.8, 4) is 5.75 Å². The number of carbonyl (C=O) groups is 2. The third-order valence-electron chi connectivity index (χ3n) is 4.39. The molecule has 2 aromatic rings. The van der Waals surface area contributed by atoms with Crippen molar-refractivity contribution in [2.24, 2.45) is 5.92 Å². The summed E-state index contributed by atoms with van der Waals surface area (Å²) in [7, 11) is 1.58. The van der Waals surface area contributed by atoms with Gasteiger partial charge in [0.15, 0.2) is 0 Å². The topological polar surface area (TPSA) is 58.6 Å². The molecule has 5 heteroatoms. The van der Waals surface area contributed by atoms with E-state index in [4.69, 9.17) is 4.74 Å². The molecule has 3 rings (SSSR count). The molecule has 0 aliphatic carbocycles. The Morgan fingerprint density at radius 2 is 1.74 bits per heavy atom. The lowest BCUT2D eigenvalue weighted by molar-refractivity contribution is -0.137. The zero-order valence-electron chi connectivity index (χ0n) is 16.1. The highest BCUT2D eigenvalue weighted by Crippen LogP contribution is 2.34. The number of nitrogens with zero attached hydrogens (tertiary/aromatic N) is 1. The highest BCUT2D eigenvalue weighted by atomic mass is 16.5. The molecule has 140 valence electrons. The van der Waals surface area contributed by atoms with Crippen molar-refractivity contribution in [1.82, 2.24) is 4.90 Å². The van der Waals surface area contributed by atoms with Crippen molar-refractivity contribution in [3.05, 3.63) is 65.4 Å². The van der Waals surface area contributed by atoms with Crippen molar-refractivity contribution < 1.29 is 14.3 Å². The summed E-state index contributed by atoms with van der Waals surface area (Å²) in [5.41, 5.74) is 3.08. The van der Waals surface area contributed by atoms with Gasteiger partial charge in [-0.25, -0.2) is 0 Å². The first kappa shape index (κ1) is 18.7. The quantitative estimate of drug-likeness (QED) is 0.791. The summed E-state index contributed by atoms with van der Waals surface area (Å²) < 4.78 is 5.41. The first-order chi connectivity index (χ1) is 12.9. The monoisotopic (exact) mass is 364 g/mol. The fraction of sp³-hybridized carbons (Fsp3) is 0.273. The van der Waals surface area contributed by atoms with Gasteiger partial charge in [0.1, 0.15) is 11.4 Å². The standard InChI is InChI=1S/C22H24N2O3/c1-14(2)13-24-21(25)19(16-8-6-5-7-9-16)20(22(24)26)23-17-12-15(3)10-11-18(17)27-4/h5-12,14,23H,13H2,1-4H3. The Bertz CT molecular complexity index is 901. The van der Waals surface area contributed by atoms with Gasteiger partial charge >= 0.3 is 0 Å². The van der Waals surface area contributed by atoms with Crippen molar-refractivity contribution in [3.63, 3.8) is 0 Å². The fourth-order valence-corrected chi connectivity index (χ4v) is 3.15. The predicted octanol–water partition coefficient (Wildman–Crippen LogP) is 3.85. The van der Waals surface area contributed by atoms with Crippen molar-refractivity contribution in [1.29, 1.82) is 0 Å². The second-order valence-corrected chi connectivity index (χ2v) is 7.06. The molecule has 0 radical (unpaired) electrons. The third-order valence-corrected chi connectivity index (χ3v) is 4.39. The van der Waals surface area contributed by atoms with Crippen molar-refractivity contribution in [2.75, 3.05) is 19.0 Å². The van der Waals surface area contributed by atoms with E-state index in [0.29, 0.717) is 23.6 Å². The van der Waals surface area contributed by atoms with E-state index in [0.717, 1.165) is 11.1 Å². The molecule has 0 aromatic heterocycles. The van der Waals surface area contributed by atoms with Gasteiger partial charge in [-0.2, -0.15) is 0 Å². The number of nitrogens with one attached hydrogen (secondary N) is 1. The number of hydrogen-bond donors (Lipinski definition) is 1. The fourth-order valence-electron chi connectivity index (χ4n) is 3.15. The average Bonchev–Trinajstić information content (AvgIpc) is 2.87. The van der Waals surface area contributed by atoms with Gasteiger partial charge in [0.2, 0.25) is 0 Å². The molecule has 0 unspecified atom stereocenters. The Hall–Kier alpha value is -3.08. The molecule has 2 amide bonds. The maximum absolute atomic E-state index is 13.1. The molecular weight excluding hydrogens is 340 g/mol. The van der Waals surface area contributed by atoms with Gasteiger partial charge in [0.05, 0.1) is 18.4 Å². The first-order valence-electron chi connectivity index (χ1n) is 9.00. The van der Waals surface area contributed by atoms with Crippen LogP contribution in [0.4, 0.5) is 5.69 Å². The van der Waals surface area contributed by atoms with Gasteiger partial charge in [-0.15, -0.1) is 0 Å². The molecule has 27 heavy (non-hydrogen) atoms. The highest BCUT2D eigenvalue weighted by Gasteiger charge is 2.39. The normalized spacial score (nSPS) is 14.3. The number of ether oxygens (including phenoxy) is 1. The van der Waals surface area contributed by atoms with E-state index < -0.39 is 0 Å². The van der Waals surface area contributed by atoms with Crippen LogP contribution in [-0.2, 0) is 9.59 Å². The van der Waals surface area contributed by atoms with Crippen LogP contribution in [0.2, 0.25) is 0 Å². The molecule has 1 aliphatic rings. The molecule has 0 fully saturated rings. The summed E-state index contributed by atoms with van der Waals surface area (Å²) in [6, 6.07) is 15.0. The molecule has 5 nitrogen and oxygen atoms in total. The lowest BCUT2D eigenvalue weighted by atomic mass is 10.0. The maximum atomic E-state index is 13.1. The molecule has 0 saturated heterocycles. The van der Waals surface area contributed by atoms with Gasteiger partial charge in [-0.05, 0) is 36.1 Å². The molecule has 0 saturated carbocycles. The van der Waals surface area contributed by atoms with Gasteiger partial charge in [0, 0.05) is 6.54 Å². The first-order valence-corrected chi connectivity index (χ1v) is 9.00. The van der Waals surface area contributed by atoms with Gasteiger partial charge < -0.3 is 10.1 Å². The summed E-state index contributed by atoms with van der Waals surface area (Å²) in [6.07, 6.45) is 0. The molecule has 0 bridgehead atoms. The van der Waals surface area contributed by atoms with Crippen molar-refractivity contribution >= 4 is 23.1 Å². The predicted molar refractivity (Wildman–Crippen MR) is 106 cm³/mol. The summed E-state index contributed by atoms with van der Waals surface area (Å²) in [5.74, 6) is 0.219. The van der Waals surface area contributed by atoms with E-state index in [1.807, 2.05) is 69.3 Å². The van der Waals surface area contributed by atoms with Crippen LogP contribution in [0.15, 0.2) is 54.2 Å². The SMILES string of the molecule is COc1ccc(C)cc1NC1=C(c2ccccc2)C(=O)N(CC(C)C)C1=O. The second kappa shape index (κ2) is 7.66. The number of hydrogen-bond acceptors (Lipinski definition) is 4. The Morgan fingerprint density at radius 1 is 1.04 bits per heavy atom. The number of anilines is 1. The van der Waals surface area contributed by atoms with E-state index in [-0.39, 0.29) is 23.4 Å². The number of rotatable bonds is 6. The minimum Gasteiger partial charge on any atom is -0.495 e. The number of methoxy groups -OCH3 is 1. The lowest BCUT2D eigenvalue weighted by Crippen LogP contribution is -2.35. The van der Waals surface area contributed by atoms with Crippen LogP contribution in [0, 0.1) is 12.8 Å². The summed E-state index contributed by atoms with van der Waals surface area (Å²) >= 11 is 0. The Morgan fingerprint density at radius 3 is 2.37 bits per heavy atom. The zero-order valence-corrected chi connectivity index (χ0v) is 16.1. The van der Waals surface area contributed by atoms with Gasteiger partial charge in [0.25, 0.3) is 11.8 Å². The number of aryl methyl sites for hydroxylation is 1. The molecule has 1 N–H and O–H groups in total. The van der Waals surface area contributed by atoms with Crippen molar-refractivity contribution in [2.45, 2.75) is 20.8 Å². The Balaban J connectivity index is 2.10. The van der Waals surface area contributed by atoms with Crippen LogP contribution in [0.3, 0.4) is 0 Å². The maximum Gasteiger partial charge on any atom is 0.278 e. The van der Waals surface area contributed by atoms with Crippen LogP contribution in [-0.4, -0.2) is 30.4 Å². The zero-order chi connectivity index (χ0) is 19.6. The average molecular weight is 364 g/mol. The van der Waals surface area contributed by atoms with E-state index in [9.17, 15) is 9.59 Å². The lowest BCUT2D eigenvalue weighted by Gasteiger charge is -2.18. The van der Waals surface area contributed by atoms with Gasteiger partial charge in [-0.1, -0.05) is 50.2 Å². The Labute approximate surface area is 159 Å². The number of carbonyl (C=O) groups excluding carboxylic acids is 2. The van der Waals surface area contributed by atoms with Crippen LogP contribution in [0.25, 0.3) is 5.57 Å². The summed E-state index contributed by atoms with van der Waals surface area (Å²) in [6.45, 7) is 6.31. The van der Waals surface area contributed by atoms with E-state index >= 15 is 0 Å². The minimum absolute atomic E-state index is 0.183. The highest BCUT2D eigenvalue weighted by molar-refractivity contribution is 6.36. The van der Waals surface area contributed by atoms with E-state index in [1.54, 1.807) is 7.11 Å². The molecule has 0 atom stereocenters. The smallest absolute Gasteiger partial charge is 0.278 e. The number of imide groups is 1. The molecular formula is C22H24N2O3. The number of benzene rings is 2. The van der Waals surface area contributed by atoms with Crippen LogP contribution in [0.1, 0.15) is 25.0 Å². The molecule has 2 aromatic carbocycles. The molecule has 1 aliphatic heterocycles. The Kier molecular flexibility index (Phi) is 5.31. The minimum atomic E-state index is -0.309. The molecule has 1 heterocycles. The van der Waals surface area contributed by atoms with E-state index in [1.165, 1.54) is 4.90 Å². The largest absolute Gasteiger partial charge is 0.495 e. The molecule has 0 spiro atoms. The number of amides is 2. The van der Waals surface area contributed by atoms with Crippen LogP contribution in [0.5, 0.6) is 5.75 Å². The van der Waals surface area contributed by atoms with E-state index in [2.05, 4.69) is 5.32 Å². The summed E-state index contributed by atoms with van der Waals surface area (Å²) in [4.78, 5) is 27.4.